The SMILES string of the molecule is CC(CCOCCOCCC(=O)NC(C)(C)CCCC[C@H](NC(=O)C(C)(C)CC(C)(C)CC(=O)O)C(=O)O)CNC(=O)[C@H](CCCNC(=O)CSC(C)C)NC(=O)CSC(C)C. The fraction of sp³-hybridized carbons (Fsp3) is 0.841. The zero-order valence-corrected chi connectivity index (χ0v) is 41.1. The van der Waals surface area contributed by atoms with E-state index in [1.54, 1.807) is 39.5 Å². The molecule has 16 nitrogen and oxygen atoms in total. The van der Waals surface area contributed by atoms with Crippen molar-refractivity contribution in [3.63, 3.8) is 0 Å². The summed E-state index contributed by atoms with van der Waals surface area (Å²) in [5.41, 5.74) is -2.15. The third-order valence-corrected chi connectivity index (χ3v) is 11.9. The molecule has 7 N–H and O–H groups in total. The summed E-state index contributed by atoms with van der Waals surface area (Å²) in [6.45, 7) is 23.0. The smallest absolute Gasteiger partial charge is 0.326 e. The molecule has 5 amide bonds. The van der Waals surface area contributed by atoms with Crippen molar-refractivity contribution in [3.8, 4) is 0 Å². The first-order valence-corrected chi connectivity index (χ1v) is 24.1. The molecule has 0 fully saturated rings. The van der Waals surface area contributed by atoms with Crippen LogP contribution in [0.5, 0.6) is 0 Å². The molecule has 0 aliphatic carbocycles. The van der Waals surface area contributed by atoms with Gasteiger partial charge < -0.3 is 46.3 Å². The first-order valence-electron chi connectivity index (χ1n) is 22.0. The molecule has 0 rings (SSSR count). The molecule has 0 spiro atoms. The number of carbonyl (C=O) groups is 7. The fourth-order valence-corrected chi connectivity index (χ4v) is 7.78. The molecule has 62 heavy (non-hydrogen) atoms. The largest absolute Gasteiger partial charge is 0.481 e. The van der Waals surface area contributed by atoms with Crippen molar-refractivity contribution in [3.05, 3.63) is 0 Å². The molecule has 0 aliphatic rings. The molecular weight excluding hydrogens is 839 g/mol. The first-order chi connectivity index (χ1) is 28.7. The van der Waals surface area contributed by atoms with Gasteiger partial charge >= 0.3 is 11.9 Å². The number of nitrogens with one attached hydrogen (secondary N) is 5. The Morgan fingerprint density at radius 2 is 1.23 bits per heavy atom. The molecule has 0 heterocycles. The highest BCUT2D eigenvalue weighted by molar-refractivity contribution is 8.00. The highest BCUT2D eigenvalue weighted by atomic mass is 32.2. The van der Waals surface area contributed by atoms with Gasteiger partial charge in [0.1, 0.15) is 12.1 Å². The summed E-state index contributed by atoms with van der Waals surface area (Å²) in [6.07, 6.45) is 3.91. The predicted molar refractivity (Wildman–Crippen MR) is 247 cm³/mol. The Morgan fingerprint density at radius 1 is 0.645 bits per heavy atom. The van der Waals surface area contributed by atoms with E-state index in [4.69, 9.17) is 9.47 Å². The highest BCUT2D eigenvalue weighted by Crippen LogP contribution is 2.36. The maximum atomic E-state index is 13.1. The third-order valence-electron chi connectivity index (χ3n) is 9.75. The van der Waals surface area contributed by atoms with Crippen LogP contribution >= 0.6 is 23.5 Å². The van der Waals surface area contributed by atoms with Crippen molar-refractivity contribution in [2.24, 2.45) is 16.7 Å². The van der Waals surface area contributed by atoms with Crippen LogP contribution in [0.15, 0.2) is 0 Å². The summed E-state index contributed by atoms with van der Waals surface area (Å²) in [7, 11) is 0. The van der Waals surface area contributed by atoms with Crippen molar-refractivity contribution < 1.29 is 53.2 Å². The molecule has 0 saturated heterocycles. The van der Waals surface area contributed by atoms with Gasteiger partial charge in [-0.15, -0.1) is 23.5 Å². The van der Waals surface area contributed by atoms with Crippen molar-refractivity contribution in [1.82, 2.24) is 26.6 Å². The number of aliphatic carboxylic acids is 2. The van der Waals surface area contributed by atoms with Crippen molar-refractivity contribution in [1.29, 1.82) is 0 Å². The van der Waals surface area contributed by atoms with Crippen LogP contribution in [0.3, 0.4) is 0 Å². The van der Waals surface area contributed by atoms with Crippen molar-refractivity contribution >= 4 is 65.0 Å². The average molecular weight is 920 g/mol. The summed E-state index contributed by atoms with van der Waals surface area (Å²) < 4.78 is 11.3. The number of rotatable bonds is 36. The second-order valence-electron chi connectivity index (χ2n) is 18.8. The quantitative estimate of drug-likeness (QED) is 0.0403. The predicted octanol–water partition coefficient (Wildman–Crippen LogP) is 5.16. The number of ether oxygens (including phenoxy) is 2. The summed E-state index contributed by atoms with van der Waals surface area (Å²) in [4.78, 5) is 86.5. The van der Waals surface area contributed by atoms with Gasteiger partial charge in [-0.05, 0) is 74.2 Å². The van der Waals surface area contributed by atoms with E-state index in [0.29, 0.717) is 82.4 Å². The minimum atomic E-state index is -1.14. The number of unbranched alkanes of at least 4 members (excludes halogenated alkanes) is 1. The number of thioether (sulfide) groups is 2. The Balaban J connectivity index is 4.48. The second kappa shape index (κ2) is 30.9. The Kier molecular flexibility index (Phi) is 29.4. The Hall–Kier alpha value is -3.09. The number of carboxylic acid groups (broad SMARTS) is 2. The molecule has 0 saturated carbocycles. The van der Waals surface area contributed by atoms with Crippen LogP contribution in [0.1, 0.15) is 140 Å². The molecule has 0 radical (unpaired) electrons. The molecule has 0 bridgehead atoms. The van der Waals surface area contributed by atoms with Crippen LogP contribution in [-0.2, 0) is 43.0 Å². The Bertz CT molecular complexity index is 1390. The number of amides is 5. The maximum absolute atomic E-state index is 13.1. The van der Waals surface area contributed by atoms with Crippen LogP contribution in [0, 0.1) is 16.7 Å². The van der Waals surface area contributed by atoms with E-state index in [9.17, 15) is 43.8 Å². The van der Waals surface area contributed by atoms with Crippen molar-refractivity contribution in [2.75, 3.05) is 51.0 Å². The fourth-order valence-electron chi connectivity index (χ4n) is 6.62. The molecule has 0 aromatic rings. The van der Waals surface area contributed by atoms with Gasteiger partial charge in [-0.2, -0.15) is 0 Å². The number of carboxylic acids is 2. The molecule has 360 valence electrons. The summed E-state index contributed by atoms with van der Waals surface area (Å²) in [6, 6.07) is -1.78. The molecule has 0 aliphatic heterocycles. The number of hydrogen-bond donors (Lipinski definition) is 7. The minimum absolute atomic E-state index is 0.0461. The van der Waals surface area contributed by atoms with Crippen LogP contribution in [-0.4, -0.2) is 131 Å². The van der Waals surface area contributed by atoms with Gasteiger partial charge in [0.2, 0.25) is 29.5 Å². The van der Waals surface area contributed by atoms with Gasteiger partial charge in [-0.3, -0.25) is 28.8 Å². The normalized spacial score (nSPS) is 13.6. The van der Waals surface area contributed by atoms with E-state index in [1.165, 1.54) is 11.8 Å². The van der Waals surface area contributed by atoms with E-state index in [0.717, 1.165) is 0 Å². The molecule has 3 atom stereocenters. The van der Waals surface area contributed by atoms with E-state index in [-0.39, 0.29) is 72.8 Å². The summed E-state index contributed by atoms with van der Waals surface area (Å²) in [5, 5.41) is 33.9. The topological polar surface area (TPSA) is 239 Å². The lowest BCUT2D eigenvalue weighted by atomic mass is 9.73. The Labute approximate surface area is 379 Å². The lowest BCUT2D eigenvalue weighted by molar-refractivity contribution is -0.144. The van der Waals surface area contributed by atoms with Gasteiger partial charge in [0.05, 0.1) is 37.7 Å². The molecular formula is C44H81N5O11S2. The average Bonchev–Trinajstić information content (AvgIpc) is 3.14. The van der Waals surface area contributed by atoms with E-state index in [1.807, 2.05) is 48.5 Å². The maximum Gasteiger partial charge on any atom is 0.326 e. The van der Waals surface area contributed by atoms with E-state index < -0.39 is 46.3 Å². The lowest BCUT2D eigenvalue weighted by Crippen LogP contribution is -2.48. The zero-order chi connectivity index (χ0) is 47.5. The summed E-state index contributed by atoms with van der Waals surface area (Å²) in [5.74, 6) is -2.44. The standard InChI is InChI=1S/C44H81N5O11S2/c1-30(2)61-27-36(51)45-20-14-16-33(47-37(52)28-62-31(3)4)39(55)46-26-32(5)17-21-59-23-24-60-22-18-35(50)49-44(10,11)19-13-12-15-34(40(56)57)48-41(58)43(8,9)29-42(6,7)25-38(53)54/h30-34H,12-29H2,1-11H3,(H,45,51)(H,46,55)(H,47,52)(H,48,58)(H,49,50)(H,53,54)(H,56,57)/t32?,33-,34-/m0/s1. The monoisotopic (exact) mass is 920 g/mol. The first kappa shape index (κ1) is 58.9. The van der Waals surface area contributed by atoms with Gasteiger partial charge in [0, 0.05) is 37.1 Å². The van der Waals surface area contributed by atoms with Crippen LogP contribution in [0.2, 0.25) is 0 Å². The second-order valence-corrected chi connectivity index (χ2v) is 21.9. The van der Waals surface area contributed by atoms with Gasteiger partial charge in [0.15, 0.2) is 0 Å². The van der Waals surface area contributed by atoms with E-state index in [2.05, 4.69) is 26.6 Å². The molecule has 18 heteroatoms. The van der Waals surface area contributed by atoms with Crippen LogP contribution < -0.4 is 26.6 Å². The molecule has 0 aromatic carbocycles. The highest BCUT2D eigenvalue weighted by Gasteiger charge is 2.37. The number of hydrogen-bond acceptors (Lipinski definition) is 11. The van der Waals surface area contributed by atoms with E-state index >= 15 is 0 Å². The Morgan fingerprint density at radius 3 is 1.81 bits per heavy atom. The zero-order valence-electron chi connectivity index (χ0n) is 39.5. The van der Waals surface area contributed by atoms with Gasteiger partial charge in [0.25, 0.3) is 0 Å². The van der Waals surface area contributed by atoms with Gasteiger partial charge in [-0.1, -0.05) is 75.2 Å². The van der Waals surface area contributed by atoms with Crippen LogP contribution in [0.4, 0.5) is 0 Å². The third kappa shape index (κ3) is 30.9. The summed E-state index contributed by atoms with van der Waals surface area (Å²) >= 11 is 3.07. The lowest BCUT2D eigenvalue weighted by Gasteiger charge is -2.33. The minimum Gasteiger partial charge on any atom is -0.481 e. The van der Waals surface area contributed by atoms with Crippen LogP contribution in [0.25, 0.3) is 0 Å². The number of carbonyl (C=O) groups excluding carboxylic acids is 5. The molecule has 0 aromatic heterocycles. The molecule has 1 unspecified atom stereocenters. The van der Waals surface area contributed by atoms with Crippen molar-refractivity contribution in [2.45, 2.75) is 168 Å². The van der Waals surface area contributed by atoms with Gasteiger partial charge in [-0.25, -0.2) is 4.79 Å².